The lowest BCUT2D eigenvalue weighted by atomic mass is 10.2. The summed E-state index contributed by atoms with van der Waals surface area (Å²) in [5.41, 5.74) is 1.07. The minimum Gasteiger partial charge on any atom is -0.486 e. The van der Waals surface area contributed by atoms with E-state index in [0.29, 0.717) is 19.0 Å². The Morgan fingerprint density at radius 3 is 2.63 bits per heavy atom. The van der Waals surface area contributed by atoms with E-state index in [4.69, 9.17) is 4.74 Å². The van der Waals surface area contributed by atoms with Crippen molar-refractivity contribution < 1.29 is 9.13 Å². The number of rotatable bonds is 7. The highest BCUT2D eigenvalue weighted by atomic mass is 127. The molecule has 0 bridgehead atoms. The number of guanidine groups is 1. The second-order valence-corrected chi connectivity index (χ2v) is 6.05. The number of anilines is 1. The largest absolute Gasteiger partial charge is 0.486 e. The number of hydrogen-bond donors (Lipinski definition) is 2. The van der Waals surface area contributed by atoms with Crippen molar-refractivity contribution in [1.29, 1.82) is 0 Å². The average Bonchev–Trinajstić information content (AvgIpc) is 2.64. The van der Waals surface area contributed by atoms with E-state index in [2.05, 4.69) is 20.6 Å². The summed E-state index contributed by atoms with van der Waals surface area (Å²) in [5.74, 6) is 1.43. The van der Waals surface area contributed by atoms with Crippen LogP contribution in [0.1, 0.15) is 12.5 Å². The maximum atomic E-state index is 13.6. The van der Waals surface area contributed by atoms with Crippen LogP contribution in [0.5, 0.6) is 5.75 Å². The van der Waals surface area contributed by atoms with Gasteiger partial charge in [-0.3, -0.25) is 4.99 Å². The van der Waals surface area contributed by atoms with Crippen LogP contribution in [0.15, 0.2) is 47.6 Å². The highest BCUT2D eigenvalue weighted by Crippen LogP contribution is 2.17. The summed E-state index contributed by atoms with van der Waals surface area (Å²) >= 11 is 0. The van der Waals surface area contributed by atoms with Gasteiger partial charge in [-0.15, -0.1) is 24.0 Å². The quantitative estimate of drug-likeness (QED) is 0.357. The fraction of sp³-hybridized carbons (Fsp3) is 0.368. The van der Waals surface area contributed by atoms with Crippen molar-refractivity contribution in [3.8, 4) is 5.75 Å². The normalized spacial score (nSPS) is 12.0. The van der Waals surface area contributed by atoms with Gasteiger partial charge in [0, 0.05) is 39.4 Å². The molecule has 0 saturated carbocycles. The number of halogens is 2. The predicted molar refractivity (Wildman–Crippen MR) is 119 cm³/mol. The van der Waals surface area contributed by atoms with Crippen LogP contribution < -0.4 is 20.3 Å². The summed E-state index contributed by atoms with van der Waals surface area (Å²) in [6.07, 6.45) is 1.55. The van der Waals surface area contributed by atoms with Crippen molar-refractivity contribution in [1.82, 2.24) is 15.6 Å². The van der Waals surface area contributed by atoms with Crippen molar-refractivity contribution in [3.05, 3.63) is 54.0 Å². The van der Waals surface area contributed by atoms with E-state index < -0.39 is 0 Å². The zero-order valence-corrected chi connectivity index (χ0v) is 18.4. The smallest absolute Gasteiger partial charge is 0.191 e. The molecule has 148 valence electrons. The van der Waals surface area contributed by atoms with Crippen molar-refractivity contribution >= 4 is 35.8 Å². The summed E-state index contributed by atoms with van der Waals surface area (Å²) in [5, 5.41) is 6.44. The third-order valence-electron chi connectivity index (χ3n) is 3.68. The Kier molecular flexibility index (Phi) is 9.84. The van der Waals surface area contributed by atoms with E-state index in [1.54, 1.807) is 31.4 Å². The van der Waals surface area contributed by atoms with Gasteiger partial charge >= 0.3 is 0 Å². The minimum absolute atomic E-state index is 0. The molecule has 0 aliphatic carbocycles. The van der Waals surface area contributed by atoms with Gasteiger partial charge in [-0.1, -0.05) is 18.2 Å². The summed E-state index contributed by atoms with van der Waals surface area (Å²) in [7, 11) is 5.62. The molecule has 0 spiro atoms. The topological polar surface area (TPSA) is 61.8 Å². The van der Waals surface area contributed by atoms with E-state index in [1.807, 2.05) is 38.1 Å². The molecule has 27 heavy (non-hydrogen) atoms. The highest BCUT2D eigenvalue weighted by molar-refractivity contribution is 14.0. The summed E-state index contributed by atoms with van der Waals surface area (Å²) < 4.78 is 19.3. The molecule has 0 radical (unpaired) electrons. The van der Waals surface area contributed by atoms with Crippen LogP contribution in [0.25, 0.3) is 0 Å². The van der Waals surface area contributed by atoms with Crippen molar-refractivity contribution in [3.63, 3.8) is 0 Å². The molecule has 2 rings (SSSR count). The zero-order chi connectivity index (χ0) is 18.9. The fourth-order valence-corrected chi connectivity index (χ4v) is 2.41. The van der Waals surface area contributed by atoms with Gasteiger partial charge in [0.1, 0.15) is 11.9 Å². The van der Waals surface area contributed by atoms with Crippen molar-refractivity contribution in [2.45, 2.75) is 19.6 Å². The van der Waals surface area contributed by atoms with Gasteiger partial charge < -0.3 is 20.3 Å². The van der Waals surface area contributed by atoms with E-state index >= 15 is 0 Å². The van der Waals surface area contributed by atoms with Crippen molar-refractivity contribution in [2.24, 2.45) is 4.99 Å². The van der Waals surface area contributed by atoms with Crippen LogP contribution in [0.4, 0.5) is 10.2 Å². The Balaban J connectivity index is 0.00000364. The van der Waals surface area contributed by atoms with Gasteiger partial charge in [-0.2, -0.15) is 0 Å². The lowest BCUT2D eigenvalue weighted by Gasteiger charge is -2.19. The summed E-state index contributed by atoms with van der Waals surface area (Å²) in [6, 6.07) is 10.3. The third kappa shape index (κ3) is 7.20. The summed E-state index contributed by atoms with van der Waals surface area (Å²) in [6.45, 7) is 2.95. The van der Waals surface area contributed by atoms with Gasteiger partial charge in [0.2, 0.25) is 0 Å². The van der Waals surface area contributed by atoms with Crippen LogP contribution in [0.3, 0.4) is 0 Å². The Morgan fingerprint density at radius 2 is 1.96 bits per heavy atom. The molecule has 0 aliphatic heterocycles. The fourth-order valence-electron chi connectivity index (χ4n) is 2.41. The van der Waals surface area contributed by atoms with Crippen LogP contribution in [-0.4, -0.2) is 44.7 Å². The average molecular weight is 487 g/mol. The molecule has 0 aliphatic rings. The molecule has 8 heteroatoms. The number of benzene rings is 1. The molecular formula is C19H27FIN5O. The van der Waals surface area contributed by atoms with Gasteiger partial charge in [0.05, 0.1) is 6.54 Å². The molecule has 2 aromatic rings. The number of nitrogens with zero attached hydrogens (tertiary/aromatic N) is 3. The molecule has 0 amide bonds. The Bertz CT molecular complexity index is 742. The van der Waals surface area contributed by atoms with Crippen LogP contribution in [0.2, 0.25) is 0 Å². The molecule has 2 N–H and O–H groups in total. The van der Waals surface area contributed by atoms with Gasteiger partial charge in [0.15, 0.2) is 17.5 Å². The molecule has 0 saturated heterocycles. The third-order valence-corrected chi connectivity index (χ3v) is 3.68. The van der Waals surface area contributed by atoms with Gasteiger partial charge in [0.25, 0.3) is 0 Å². The van der Waals surface area contributed by atoms with E-state index in [0.717, 1.165) is 11.4 Å². The first-order chi connectivity index (χ1) is 12.5. The molecule has 0 fully saturated rings. The Hall–Kier alpha value is -2.10. The first-order valence-corrected chi connectivity index (χ1v) is 8.48. The lowest BCUT2D eigenvalue weighted by Crippen LogP contribution is -2.41. The van der Waals surface area contributed by atoms with Crippen LogP contribution in [-0.2, 0) is 6.54 Å². The maximum Gasteiger partial charge on any atom is 0.191 e. The number of nitrogens with one attached hydrogen (secondary N) is 2. The molecule has 1 aromatic carbocycles. The van der Waals surface area contributed by atoms with Crippen molar-refractivity contribution in [2.75, 3.05) is 32.6 Å². The molecule has 6 nitrogen and oxygen atoms in total. The molecule has 1 aromatic heterocycles. The molecule has 1 unspecified atom stereocenters. The van der Waals surface area contributed by atoms with Gasteiger partial charge in [-0.05, 0) is 25.1 Å². The first kappa shape index (κ1) is 22.9. The van der Waals surface area contributed by atoms with E-state index in [-0.39, 0.29) is 41.6 Å². The van der Waals surface area contributed by atoms with Gasteiger partial charge in [-0.25, -0.2) is 9.37 Å². The lowest BCUT2D eigenvalue weighted by molar-refractivity contribution is 0.214. The standard InChI is InChI=1S/C19H26FN5O.HI/c1-14(26-17-10-6-5-9-16(17)20)12-23-19(21-2)24-13-15-8-7-11-22-18(15)25(3)4;/h5-11,14H,12-13H2,1-4H3,(H2,21,23,24);1H. The second kappa shape index (κ2) is 11.6. The SMILES string of the molecule is CN=C(NCc1cccnc1N(C)C)NCC(C)Oc1ccccc1F.I. The van der Waals surface area contributed by atoms with E-state index in [9.17, 15) is 4.39 Å². The number of aliphatic imine (C=N–C) groups is 1. The van der Waals surface area contributed by atoms with E-state index in [1.165, 1.54) is 6.07 Å². The molecular weight excluding hydrogens is 460 g/mol. The zero-order valence-electron chi connectivity index (χ0n) is 16.1. The number of aromatic nitrogens is 1. The molecule has 1 heterocycles. The second-order valence-electron chi connectivity index (χ2n) is 6.05. The number of pyridine rings is 1. The number of hydrogen-bond acceptors (Lipinski definition) is 4. The van der Waals surface area contributed by atoms with Crippen LogP contribution >= 0.6 is 24.0 Å². The monoisotopic (exact) mass is 487 g/mol. The summed E-state index contributed by atoms with van der Waals surface area (Å²) in [4.78, 5) is 10.6. The Morgan fingerprint density at radius 1 is 1.22 bits per heavy atom. The number of para-hydroxylation sites is 1. The maximum absolute atomic E-state index is 13.6. The molecule has 1 atom stereocenters. The minimum atomic E-state index is -0.366. The first-order valence-electron chi connectivity index (χ1n) is 8.48. The highest BCUT2D eigenvalue weighted by Gasteiger charge is 2.10. The van der Waals surface area contributed by atoms with Crippen LogP contribution in [0, 0.1) is 5.82 Å². The Labute approximate surface area is 177 Å². The number of ether oxygens (including phenoxy) is 1. The predicted octanol–water partition coefficient (Wildman–Crippen LogP) is 3.04.